The zero-order valence-electron chi connectivity index (χ0n) is 10.2. The van der Waals surface area contributed by atoms with E-state index in [1.54, 1.807) is 25.6 Å². The number of hydrogen-bond donors (Lipinski definition) is 1. The molecular formula is C10H17N3O3S. The van der Waals surface area contributed by atoms with Crippen molar-refractivity contribution < 1.29 is 13.5 Å². The molecule has 1 saturated heterocycles. The van der Waals surface area contributed by atoms with Crippen LogP contribution < -0.4 is 0 Å². The number of hydrogen-bond acceptors (Lipinski definition) is 4. The highest BCUT2D eigenvalue weighted by Crippen LogP contribution is 2.25. The van der Waals surface area contributed by atoms with E-state index in [1.165, 1.54) is 4.31 Å². The fourth-order valence-corrected chi connectivity index (χ4v) is 4.08. The smallest absolute Gasteiger partial charge is 0.246 e. The molecule has 6 nitrogen and oxygen atoms in total. The third kappa shape index (κ3) is 1.98. The normalized spacial score (nSPS) is 22.2. The Morgan fingerprint density at radius 1 is 1.41 bits per heavy atom. The molecule has 0 aromatic carbocycles. The molecule has 1 aromatic rings. The lowest BCUT2D eigenvalue weighted by Crippen LogP contribution is -2.30. The van der Waals surface area contributed by atoms with Gasteiger partial charge < -0.3 is 5.11 Å². The molecule has 2 rings (SSSR count). The first-order valence-corrected chi connectivity index (χ1v) is 6.96. The Morgan fingerprint density at radius 2 is 2.06 bits per heavy atom. The molecule has 96 valence electrons. The van der Waals surface area contributed by atoms with E-state index in [9.17, 15) is 13.5 Å². The molecule has 1 atom stereocenters. The van der Waals surface area contributed by atoms with Gasteiger partial charge in [-0.2, -0.15) is 9.40 Å². The van der Waals surface area contributed by atoms with Crippen molar-refractivity contribution in [3.05, 3.63) is 11.4 Å². The predicted molar refractivity (Wildman–Crippen MR) is 62.1 cm³/mol. The summed E-state index contributed by atoms with van der Waals surface area (Å²) in [5.41, 5.74) is 1.13. The number of aliphatic hydroxyl groups is 1. The molecule has 0 spiro atoms. The van der Waals surface area contributed by atoms with Crippen LogP contribution in [-0.2, 0) is 17.1 Å². The summed E-state index contributed by atoms with van der Waals surface area (Å²) < 4.78 is 27.7. The van der Waals surface area contributed by atoms with Gasteiger partial charge in [-0.25, -0.2) is 8.42 Å². The van der Waals surface area contributed by atoms with Gasteiger partial charge in [-0.05, 0) is 20.3 Å². The summed E-state index contributed by atoms with van der Waals surface area (Å²) in [6, 6.07) is 0. The highest BCUT2D eigenvalue weighted by atomic mass is 32.2. The van der Waals surface area contributed by atoms with Gasteiger partial charge in [0.2, 0.25) is 10.0 Å². The molecule has 1 N–H and O–H groups in total. The first kappa shape index (κ1) is 12.5. The second kappa shape index (κ2) is 4.08. The van der Waals surface area contributed by atoms with Gasteiger partial charge in [-0.1, -0.05) is 0 Å². The van der Waals surface area contributed by atoms with Gasteiger partial charge in [-0.3, -0.25) is 4.68 Å². The third-order valence-corrected chi connectivity index (χ3v) is 5.28. The van der Waals surface area contributed by atoms with Crippen LogP contribution in [0.15, 0.2) is 4.90 Å². The highest BCUT2D eigenvalue weighted by molar-refractivity contribution is 7.89. The first-order valence-electron chi connectivity index (χ1n) is 5.52. The van der Waals surface area contributed by atoms with Gasteiger partial charge in [0.25, 0.3) is 0 Å². The van der Waals surface area contributed by atoms with Gasteiger partial charge in [0, 0.05) is 20.1 Å². The van der Waals surface area contributed by atoms with E-state index >= 15 is 0 Å². The number of aliphatic hydroxyl groups excluding tert-OH is 1. The fourth-order valence-electron chi connectivity index (χ4n) is 2.19. The highest BCUT2D eigenvalue weighted by Gasteiger charge is 2.35. The summed E-state index contributed by atoms with van der Waals surface area (Å²) >= 11 is 0. The largest absolute Gasteiger partial charge is 0.392 e. The molecule has 2 heterocycles. The maximum atomic E-state index is 12.4. The Balaban J connectivity index is 2.45. The lowest BCUT2D eigenvalue weighted by Gasteiger charge is -2.15. The quantitative estimate of drug-likeness (QED) is 0.797. The molecule has 1 aliphatic rings. The molecule has 0 radical (unpaired) electrons. The summed E-state index contributed by atoms with van der Waals surface area (Å²) in [6.45, 7) is 3.97. The van der Waals surface area contributed by atoms with Crippen LogP contribution in [0.2, 0.25) is 0 Å². The molecule has 0 amide bonds. The Hall–Kier alpha value is -0.920. The SMILES string of the molecule is Cc1nn(C)c(C)c1S(=O)(=O)N1CCC(O)C1. The molecular weight excluding hydrogens is 242 g/mol. The zero-order valence-corrected chi connectivity index (χ0v) is 11.0. The number of nitrogens with zero attached hydrogens (tertiary/aromatic N) is 3. The number of aromatic nitrogens is 2. The van der Waals surface area contributed by atoms with Gasteiger partial charge in [0.05, 0.1) is 17.5 Å². The topological polar surface area (TPSA) is 75.4 Å². The minimum absolute atomic E-state index is 0.177. The van der Waals surface area contributed by atoms with E-state index in [1.807, 2.05) is 0 Å². The van der Waals surface area contributed by atoms with Crippen LogP contribution in [0.5, 0.6) is 0 Å². The number of sulfonamides is 1. The second-order valence-electron chi connectivity index (χ2n) is 4.43. The summed E-state index contributed by atoms with van der Waals surface area (Å²) in [6.07, 6.45) is -0.0560. The minimum atomic E-state index is -3.52. The maximum absolute atomic E-state index is 12.4. The average Bonchev–Trinajstić information content (AvgIpc) is 2.73. The van der Waals surface area contributed by atoms with E-state index in [4.69, 9.17) is 0 Å². The molecule has 17 heavy (non-hydrogen) atoms. The summed E-state index contributed by atoms with van der Waals surface area (Å²) in [7, 11) is -1.80. The van der Waals surface area contributed by atoms with Crippen molar-refractivity contribution in [2.24, 2.45) is 7.05 Å². The van der Waals surface area contributed by atoms with E-state index in [-0.39, 0.29) is 11.4 Å². The van der Waals surface area contributed by atoms with Crippen molar-refractivity contribution >= 4 is 10.0 Å². The second-order valence-corrected chi connectivity index (χ2v) is 6.30. The standard InChI is InChI=1S/C10H17N3O3S/c1-7-10(8(2)12(3)11-7)17(15,16)13-5-4-9(14)6-13/h9,14H,4-6H2,1-3H3. The number of β-amino-alcohol motifs (C(OH)–C–C–N with tert-alkyl or cyclic N) is 1. The van der Waals surface area contributed by atoms with E-state index in [0.717, 1.165) is 0 Å². The number of rotatable bonds is 2. The van der Waals surface area contributed by atoms with E-state index < -0.39 is 16.1 Å². The van der Waals surface area contributed by atoms with Crippen LogP contribution in [-0.4, -0.2) is 46.8 Å². The first-order chi connectivity index (χ1) is 7.84. The third-order valence-electron chi connectivity index (χ3n) is 3.17. The predicted octanol–water partition coefficient (Wildman–Crippen LogP) is -0.208. The van der Waals surface area contributed by atoms with Crippen molar-refractivity contribution in [2.75, 3.05) is 13.1 Å². The van der Waals surface area contributed by atoms with Gasteiger partial charge in [0.1, 0.15) is 4.90 Å². The minimum Gasteiger partial charge on any atom is -0.392 e. The fraction of sp³-hybridized carbons (Fsp3) is 0.700. The Kier molecular flexibility index (Phi) is 3.01. The van der Waals surface area contributed by atoms with Crippen LogP contribution in [0.25, 0.3) is 0 Å². The van der Waals surface area contributed by atoms with Crippen LogP contribution in [0, 0.1) is 13.8 Å². The molecule has 0 bridgehead atoms. The van der Waals surface area contributed by atoms with E-state index in [0.29, 0.717) is 24.4 Å². The zero-order chi connectivity index (χ0) is 12.8. The Morgan fingerprint density at radius 3 is 2.47 bits per heavy atom. The molecule has 0 aliphatic carbocycles. The Labute approximate surface area is 101 Å². The molecule has 1 aromatic heterocycles. The number of aryl methyl sites for hydroxylation is 2. The van der Waals surface area contributed by atoms with Crippen molar-refractivity contribution in [3.63, 3.8) is 0 Å². The van der Waals surface area contributed by atoms with Crippen LogP contribution >= 0.6 is 0 Å². The van der Waals surface area contributed by atoms with Crippen LogP contribution in [0.3, 0.4) is 0 Å². The van der Waals surface area contributed by atoms with Crippen molar-refractivity contribution in [1.29, 1.82) is 0 Å². The van der Waals surface area contributed by atoms with Gasteiger partial charge in [0.15, 0.2) is 0 Å². The maximum Gasteiger partial charge on any atom is 0.246 e. The molecule has 1 unspecified atom stereocenters. The van der Waals surface area contributed by atoms with Gasteiger partial charge in [-0.15, -0.1) is 0 Å². The van der Waals surface area contributed by atoms with E-state index in [2.05, 4.69) is 5.10 Å². The summed E-state index contributed by atoms with van der Waals surface area (Å²) in [5.74, 6) is 0. The van der Waals surface area contributed by atoms with Crippen molar-refractivity contribution in [2.45, 2.75) is 31.3 Å². The molecule has 1 fully saturated rings. The van der Waals surface area contributed by atoms with Crippen LogP contribution in [0.4, 0.5) is 0 Å². The molecule has 1 aliphatic heterocycles. The monoisotopic (exact) mass is 259 g/mol. The Bertz CT molecular complexity index is 535. The van der Waals surface area contributed by atoms with Gasteiger partial charge >= 0.3 is 0 Å². The average molecular weight is 259 g/mol. The summed E-state index contributed by atoms with van der Waals surface area (Å²) in [5, 5.41) is 13.5. The summed E-state index contributed by atoms with van der Waals surface area (Å²) in [4.78, 5) is 0.272. The lowest BCUT2D eigenvalue weighted by molar-refractivity contribution is 0.189. The van der Waals surface area contributed by atoms with Crippen molar-refractivity contribution in [1.82, 2.24) is 14.1 Å². The van der Waals surface area contributed by atoms with Crippen LogP contribution in [0.1, 0.15) is 17.8 Å². The van der Waals surface area contributed by atoms with Crippen molar-refractivity contribution in [3.8, 4) is 0 Å². The lowest BCUT2D eigenvalue weighted by atomic mass is 10.3. The molecule has 0 saturated carbocycles. The molecule has 7 heteroatoms.